The number of rotatable bonds is 5. The van der Waals surface area contributed by atoms with Gasteiger partial charge in [0, 0.05) is 5.69 Å². The molecule has 1 N–H and O–H groups in total. The Morgan fingerprint density at radius 2 is 1.96 bits per heavy atom. The van der Waals surface area contributed by atoms with Gasteiger partial charge in [0.2, 0.25) is 0 Å². The van der Waals surface area contributed by atoms with Crippen LogP contribution in [0.3, 0.4) is 0 Å². The number of nitrogens with one attached hydrogen (secondary N) is 1. The number of carbonyl (C=O) groups excluding carboxylic acids is 1. The van der Waals surface area contributed by atoms with E-state index in [0.29, 0.717) is 27.8 Å². The van der Waals surface area contributed by atoms with Crippen molar-refractivity contribution in [2.45, 2.75) is 6.92 Å². The second-order valence-corrected chi connectivity index (χ2v) is 5.58. The predicted molar refractivity (Wildman–Crippen MR) is 98.0 cm³/mol. The van der Waals surface area contributed by atoms with Gasteiger partial charge >= 0.3 is 0 Å². The zero-order chi connectivity index (χ0) is 18.4. The van der Waals surface area contributed by atoms with Gasteiger partial charge in [-0.05, 0) is 42.3 Å². The average molecular weight is 357 g/mol. The topological polar surface area (TPSA) is 71.3 Å². The molecular weight excluding hydrogens is 340 g/mol. The predicted octanol–water partition coefficient (Wildman–Crippen LogP) is 4.21. The van der Waals surface area contributed by atoms with E-state index in [1.165, 1.54) is 20.3 Å². The lowest BCUT2D eigenvalue weighted by molar-refractivity contribution is -0.112. The summed E-state index contributed by atoms with van der Waals surface area (Å²) in [4.78, 5) is 12.4. The van der Waals surface area contributed by atoms with Crippen LogP contribution in [0.4, 0.5) is 5.69 Å². The fourth-order valence-corrected chi connectivity index (χ4v) is 2.54. The number of ether oxygens (including phenoxy) is 2. The summed E-state index contributed by atoms with van der Waals surface area (Å²) >= 11 is 6.15. The van der Waals surface area contributed by atoms with Gasteiger partial charge in [0.25, 0.3) is 5.91 Å². The van der Waals surface area contributed by atoms with E-state index in [1.54, 1.807) is 18.2 Å². The molecule has 0 saturated heterocycles. The number of nitrogens with zero attached hydrogens (tertiary/aromatic N) is 1. The summed E-state index contributed by atoms with van der Waals surface area (Å²) in [5.74, 6) is 0.310. The highest BCUT2D eigenvalue weighted by molar-refractivity contribution is 6.32. The third-order valence-electron chi connectivity index (χ3n) is 3.53. The standard InChI is InChI=1S/C19H17ClN2O3/c1-12-6-4-5-7-16(12)22-19(23)14(11-21)8-13-9-15(20)18(25-3)17(10-13)24-2/h4-10H,1-3H3,(H,22,23)/b14-8-. The average Bonchev–Trinajstić information content (AvgIpc) is 2.60. The highest BCUT2D eigenvalue weighted by atomic mass is 35.5. The Hall–Kier alpha value is -2.97. The van der Waals surface area contributed by atoms with Crippen LogP contribution >= 0.6 is 11.6 Å². The zero-order valence-electron chi connectivity index (χ0n) is 14.1. The molecule has 0 bridgehead atoms. The van der Waals surface area contributed by atoms with Crippen LogP contribution in [0.5, 0.6) is 11.5 Å². The molecule has 0 atom stereocenters. The first-order valence-corrected chi connectivity index (χ1v) is 7.78. The maximum Gasteiger partial charge on any atom is 0.266 e. The first-order valence-electron chi connectivity index (χ1n) is 7.40. The molecule has 1 amide bonds. The maximum atomic E-state index is 12.4. The Labute approximate surface area is 151 Å². The van der Waals surface area contributed by atoms with Crippen molar-refractivity contribution >= 4 is 29.3 Å². The van der Waals surface area contributed by atoms with Gasteiger partial charge in [-0.3, -0.25) is 4.79 Å². The number of para-hydroxylation sites is 1. The lowest BCUT2D eigenvalue weighted by Crippen LogP contribution is -2.14. The molecule has 0 aromatic heterocycles. The molecule has 0 aliphatic carbocycles. The normalized spacial score (nSPS) is 10.8. The third-order valence-corrected chi connectivity index (χ3v) is 3.81. The number of hydrogen-bond donors (Lipinski definition) is 1. The molecule has 0 unspecified atom stereocenters. The fourth-order valence-electron chi connectivity index (χ4n) is 2.24. The van der Waals surface area contributed by atoms with Crippen LogP contribution in [0.1, 0.15) is 11.1 Å². The molecule has 128 valence electrons. The smallest absolute Gasteiger partial charge is 0.266 e. The summed E-state index contributed by atoms with van der Waals surface area (Å²) in [6, 6.07) is 12.5. The molecular formula is C19H17ClN2O3. The Kier molecular flexibility index (Phi) is 6.04. The van der Waals surface area contributed by atoms with Gasteiger partial charge in [0.05, 0.1) is 19.2 Å². The molecule has 6 heteroatoms. The van der Waals surface area contributed by atoms with Gasteiger partial charge in [-0.15, -0.1) is 0 Å². The minimum atomic E-state index is -0.497. The van der Waals surface area contributed by atoms with E-state index in [9.17, 15) is 10.1 Å². The van der Waals surface area contributed by atoms with Crippen LogP contribution in [0.2, 0.25) is 5.02 Å². The Morgan fingerprint density at radius 3 is 2.56 bits per heavy atom. The number of carbonyl (C=O) groups is 1. The molecule has 0 saturated carbocycles. The first-order chi connectivity index (χ1) is 12.0. The Bertz CT molecular complexity index is 869. The maximum absolute atomic E-state index is 12.4. The van der Waals surface area contributed by atoms with Gasteiger partial charge in [-0.25, -0.2) is 0 Å². The van der Waals surface area contributed by atoms with Crippen LogP contribution in [0.15, 0.2) is 42.0 Å². The van der Waals surface area contributed by atoms with Crippen LogP contribution in [0.25, 0.3) is 6.08 Å². The summed E-state index contributed by atoms with van der Waals surface area (Å²) in [7, 11) is 2.97. The minimum Gasteiger partial charge on any atom is -0.493 e. The van der Waals surface area contributed by atoms with E-state index in [2.05, 4.69) is 5.32 Å². The van der Waals surface area contributed by atoms with Crippen molar-refractivity contribution in [3.8, 4) is 17.6 Å². The summed E-state index contributed by atoms with van der Waals surface area (Å²) < 4.78 is 10.4. The number of aryl methyl sites for hydroxylation is 1. The summed E-state index contributed by atoms with van der Waals surface area (Å²) in [6.07, 6.45) is 1.45. The molecule has 2 aromatic rings. The fraction of sp³-hybridized carbons (Fsp3) is 0.158. The van der Waals surface area contributed by atoms with Crippen molar-refractivity contribution in [3.05, 3.63) is 58.1 Å². The first kappa shape index (κ1) is 18.4. The van der Waals surface area contributed by atoms with E-state index in [0.717, 1.165) is 5.56 Å². The van der Waals surface area contributed by atoms with Crippen molar-refractivity contribution in [2.75, 3.05) is 19.5 Å². The lowest BCUT2D eigenvalue weighted by Gasteiger charge is -2.11. The van der Waals surface area contributed by atoms with Crippen molar-refractivity contribution in [1.82, 2.24) is 0 Å². The number of benzene rings is 2. The number of methoxy groups -OCH3 is 2. The van der Waals surface area contributed by atoms with Crippen molar-refractivity contribution in [3.63, 3.8) is 0 Å². The quantitative estimate of drug-likeness (QED) is 0.643. The largest absolute Gasteiger partial charge is 0.493 e. The second kappa shape index (κ2) is 8.22. The van der Waals surface area contributed by atoms with Gasteiger partial charge in [0.1, 0.15) is 11.6 Å². The molecule has 0 spiro atoms. The van der Waals surface area contributed by atoms with Crippen LogP contribution in [0, 0.1) is 18.3 Å². The van der Waals surface area contributed by atoms with E-state index >= 15 is 0 Å². The summed E-state index contributed by atoms with van der Waals surface area (Å²) in [6.45, 7) is 1.87. The molecule has 2 rings (SSSR count). The molecule has 0 aliphatic heterocycles. The van der Waals surface area contributed by atoms with Gasteiger partial charge < -0.3 is 14.8 Å². The number of amides is 1. The van der Waals surface area contributed by atoms with E-state index < -0.39 is 5.91 Å². The molecule has 0 heterocycles. The SMILES string of the molecule is COc1cc(/C=C(/C#N)C(=O)Nc2ccccc2C)cc(Cl)c1OC. The van der Waals surface area contributed by atoms with Crippen LogP contribution in [-0.4, -0.2) is 20.1 Å². The number of hydrogen-bond acceptors (Lipinski definition) is 4. The summed E-state index contributed by atoms with van der Waals surface area (Å²) in [5, 5.41) is 12.4. The molecule has 0 aliphatic rings. The number of halogens is 1. The third kappa shape index (κ3) is 4.31. The highest BCUT2D eigenvalue weighted by Crippen LogP contribution is 2.36. The van der Waals surface area contributed by atoms with Gasteiger partial charge in [-0.1, -0.05) is 29.8 Å². The zero-order valence-corrected chi connectivity index (χ0v) is 14.8. The molecule has 5 nitrogen and oxygen atoms in total. The van der Waals surface area contributed by atoms with E-state index in [4.69, 9.17) is 21.1 Å². The Morgan fingerprint density at radius 1 is 1.24 bits per heavy atom. The van der Waals surface area contributed by atoms with Crippen LogP contribution in [-0.2, 0) is 4.79 Å². The van der Waals surface area contributed by atoms with Crippen molar-refractivity contribution in [1.29, 1.82) is 5.26 Å². The number of anilines is 1. The molecule has 0 fully saturated rings. The Balaban J connectivity index is 2.34. The monoisotopic (exact) mass is 356 g/mol. The number of nitriles is 1. The molecule has 2 aromatic carbocycles. The highest BCUT2D eigenvalue weighted by Gasteiger charge is 2.14. The van der Waals surface area contributed by atoms with Gasteiger partial charge in [0.15, 0.2) is 11.5 Å². The molecule has 25 heavy (non-hydrogen) atoms. The van der Waals surface area contributed by atoms with Crippen molar-refractivity contribution < 1.29 is 14.3 Å². The van der Waals surface area contributed by atoms with E-state index in [1.807, 2.05) is 31.2 Å². The van der Waals surface area contributed by atoms with E-state index in [-0.39, 0.29) is 5.57 Å². The van der Waals surface area contributed by atoms with Crippen molar-refractivity contribution in [2.24, 2.45) is 0 Å². The van der Waals surface area contributed by atoms with Crippen LogP contribution < -0.4 is 14.8 Å². The van der Waals surface area contributed by atoms with Gasteiger partial charge in [-0.2, -0.15) is 5.26 Å². The summed E-state index contributed by atoms with van der Waals surface area (Å²) in [5.41, 5.74) is 2.06. The molecule has 0 radical (unpaired) electrons. The second-order valence-electron chi connectivity index (χ2n) is 5.18. The minimum absolute atomic E-state index is 0.0495. The lowest BCUT2D eigenvalue weighted by atomic mass is 10.1.